The van der Waals surface area contributed by atoms with E-state index in [1.54, 1.807) is 0 Å². The number of alkyl halides is 3. The molecule has 1 fully saturated rings. The van der Waals surface area contributed by atoms with Crippen molar-refractivity contribution in [3.63, 3.8) is 0 Å². The van der Waals surface area contributed by atoms with Crippen LogP contribution in [-0.2, 0) is 4.79 Å². The number of aliphatic carboxylic acids is 1. The largest absolute Gasteiger partial charge is 0.480 e. The van der Waals surface area contributed by atoms with Crippen molar-refractivity contribution in [2.45, 2.75) is 57.2 Å². The van der Waals surface area contributed by atoms with Gasteiger partial charge in [-0.05, 0) is 24.8 Å². The van der Waals surface area contributed by atoms with Crippen LogP contribution >= 0.6 is 0 Å². The summed E-state index contributed by atoms with van der Waals surface area (Å²) in [6, 6.07) is -0.599. The second-order valence-corrected chi connectivity index (χ2v) is 6.96. The topological polar surface area (TPSA) is 105 Å². The molecule has 27 heavy (non-hydrogen) atoms. The summed E-state index contributed by atoms with van der Waals surface area (Å²) in [5.74, 6) is -2.66. The molecule has 1 unspecified atom stereocenters. The summed E-state index contributed by atoms with van der Waals surface area (Å²) in [7, 11) is 0. The van der Waals surface area contributed by atoms with E-state index >= 15 is 0 Å². The van der Waals surface area contributed by atoms with Gasteiger partial charge < -0.3 is 14.9 Å². The molecule has 0 aliphatic heterocycles. The van der Waals surface area contributed by atoms with E-state index in [2.05, 4.69) is 10.1 Å². The molecule has 1 atom stereocenters. The minimum atomic E-state index is -4.73. The number of carboxylic acid groups (broad SMARTS) is 1. The first kappa shape index (κ1) is 19.1. The number of halogens is 3. The van der Waals surface area contributed by atoms with Gasteiger partial charge in [0.25, 0.3) is 11.6 Å². The molecule has 1 aliphatic carbocycles. The Balaban J connectivity index is 2.01. The van der Waals surface area contributed by atoms with Gasteiger partial charge in [-0.1, -0.05) is 19.0 Å². The Morgan fingerprint density at radius 1 is 1.37 bits per heavy atom. The highest BCUT2D eigenvalue weighted by Crippen LogP contribution is 2.41. The summed E-state index contributed by atoms with van der Waals surface area (Å²) < 4.78 is 43.1. The van der Waals surface area contributed by atoms with Crippen molar-refractivity contribution in [3.8, 4) is 0 Å². The Morgan fingerprint density at radius 3 is 2.56 bits per heavy atom. The average Bonchev–Trinajstić information content (AvgIpc) is 3.30. The van der Waals surface area contributed by atoms with Crippen LogP contribution in [0, 0.1) is 0 Å². The van der Waals surface area contributed by atoms with Crippen LogP contribution < -0.4 is 5.32 Å². The third kappa shape index (κ3) is 4.20. The summed E-state index contributed by atoms with van der Waals surface area (Å²) in [5, 5.41) is 15.2. The smallest absolute Gasteiger partial charge is 0.391 e. The standard InChI is InChI=1S/C17H18F3N3O4/c1-7(2)13-12-9(5-10(8-3-4-8)22-15(12)27-23-13)14(24)21-11(16(25)26)6-17(18,19)20/h5,7-8,11H,3-4,6H2,1-2H3,(H,21,24)(H,25,26). The molecule has 2 N–H and O–H groups in total. The number of hydrogen-bond donors (Lipinski definition) is 2. The predicted octanol–water partition coefficient (Wildman–Crippen LogP) is 3.36. The summed E-state index contributed by atoms with van der Waals surface area (Å²) in [5.41, 5.74) is 1.17. The predicted molar refractivity (Wildman–Crippen MR) is 87.4 cm³/mol. The number of carbonyl (C=O) groups excluding carboxylic acids is 1. The van der Waals surface area contributed by atoms with Crippen LogP contribution in [0.3, 0.4) is 0 Å². The first-order valence-corrected chi connectivity index (χ1v) is 8.47. The molecule has 1 saturated carbocycles. The van der Waals surface area contributed by atoms with Gasteiger partial charge in [-0.2, -0.15) is 13.2 Å². The minimum Gasteiger partial charge on any atom is -0.480 e. The summed E-state index contributed by atoms with van der Waals surface area (Å²) in [4.78, 5) is 28.2. The van der Waals surface area contributed by atoms with Crippen molar-refractivity contribution in [1.82, 2.24) is 15.5 Å². The highest BCUT2D eigenvalue weighted by atomic mass is 19.4. The third-order valence-corrected chi connectivity index (χ3v) is 4.32. The Labute approximate surface area is 151 Å². The first-order chi connectivity index (χ1) is 12.6. The molecule has 1 amide bonds. The Hall–Kier alpha value is -2.65. The van der Waals surface area contributed by atoms with Gasteiger partial charge in [0.05, 0.1) is 23.1 Å². The molecule has 0 spiro atoms. The number of carboxylic acids is 1. The molecule has 7 nitrogen and oxygen atoms in total. The maximum atomic E-state index is 12.7. The molecule has 2 heterocycles. The first-order valence-electron chi connectivity index (χ1n) is 8.47. The van der Waals surface area contributed by atoms with Gasteiger partial charge in [0, 0.05) is 11.6 Å². The molecule has 10 heteroatoms. The van der Waals surface area contributed by atoms with E-state index in [9.17, 15) is 22.8 Å². The van der Waals surface area contributed by atoms with Crippen LogP contribution in [0.1, 0.15) is 66.7 Å². The molecule has 3 rings (SSSR count). The van der Waals surface area contributed by atoms with Crippen LogP contribution in [0.5, 0.6) is 0 Å². The van der Waals surface area contributed by atoms with Crippen LogP contribution in [0.15, 0.2) is 10.6 Å². The zero-order valence-corrected chi connectivity index (χ0v) is 14.6. The monoisotopic (exact) mass is 385 g/mol. The molecular weight excluding hydrogens is 367 g/mol. The third-order valence-electron chi connectivity index (χ3n) is 4.32. The zero-order valence-electron chi connectivity index (χ0n) is 14.6. The molecule has 2 aromatic heterocycles. The maximum Gasteiger partial charge on any atom is 0.391 e. The van der Waals surface area contributed by atoms with Gasteiger partial charge in [0.15, 0.2) is 0 Å². The van der Waals surface area contributed by atoms with Crippen molar-refractivity contribution < 1.29 is 32.4 Å². The van der Waals surface area contributed by atoms with Crippen molar-refractivity contribution in [3.05, 3.63) is 23.0 Å². The number of aromatic nitrogens is 2. The fraction of sp³-hybridized carbons (Fsp3) is 0.529. The lowest BCUT2D eigenvalue weighted by atomic mass is 10.0. The normalized spacial score (nSPS) is 15.9. The van der Waals surface area contributed by atoms with Crippen molar-refractivity contribution in [2.24, 2.45) is 0 Å². The van der Waals surface area contributed by atoms with E-state index in [-0.39, 0.29) is 23.1 Å². The minimum absolute atomic E-state index is 0.0280. The number of carbonyl (C=O) groups is 2. The molecule has 2 aromatic rings. The Morgan fingerprint density at radius 2 is 2.04 bits per heavy atom. The van der Waals surface area contributed by atoms with Gasteiger partial charge >= 0.3 is 12.1 Å². The fourth-order valence-electron chi connectivity index (χ4n) is 2.82. The molecule has 0 bridgehead atoms. The van der Waals surface area contributed by atoms with Crippen LogP contribution in [-0.4, -0.2) is 39.3 Å². The number of hydrogen-bond acceptors (Lipinski definition) is 5. The quantitative estimate of drug-likeness (QED) is 0.790. The Bertz CT molecular complexity index is 887. The lowest BCUT2D eigenvalue weighted by molar-refractivity contribution is -0.157. The number of rotatable bonds is 6. The van der Waals surface area contributed by atoms with Gasteiger partial charge in [0.1, 0.15) is 6.04 Å². The van der Waals surface area contributed by atoms with E-state index in [0.29, 0.717) is 16.8 Å². The van der Waals surface area contributed by atoms with Crippen LogP contribution in [0.4, 0.5) is 13.2 Å². The second kappa shape index (κ2) is 6.82. The van der Waals surface area contributed by atoms with E-state index in [4.69, 9.17) is 9.63 Å². The molecule has 0 aromatic carbocycles. The number of fused-ring (bicyclic) bond motifs is 1. The molecular formula is C17H18F3N3O4. The van der Waals surface area contributed by atoms with Crippen molar-refractivity contribution in [1.29, 1.82) is 0 Å². The zero-order chi connectivity index (χ0) is 19.9. The molecule has 1 aliphatic rings. The van der Waals surface area contributed by atoms with E-state index in [1.165, 1.54) is 6.07 Å². The van der Waals surface area contributed by atoms with Gasteiger partial charge in [-0.15, -0.1) is 0 Å². The fourth-order valence-corrected chi connectivity index (χ4v) is 2.82. The SMILES string of the molecule is CC(C)c1noc2nc(C3CC3)cc(C(=O)NC(CC(F)(F)F)C(=O)O)c12. The van der Waals surface area contributed by atoms with Crippen molar-refractivity contribution in [2.75, 3.05) is 0 Å². The van der Waals surface area contributed by atoms with Crippen molar-refractivity contribution >= 4 is 23.0 Å². The summed E-state index contributed by atoms with van der Waals surface area (Å²) in [6.07, 6.45) is -4.63. The number of pyridine rings is 1. The van der Waals surface area contributed by atoms with Crippen LogP contribution in [0.2, 0.25) is 0 Å². The van der Waals surface area contributed by atoms with E-state index in [1.807, 2.05) is 19.2 Å². The molecule has 146 valence electrons. The van der Waals surface area contributed by atoms with Gasteiger partial charge in [-0.25, -0.2) is 9.78 Å². The molecule has 0 saturated heterocycles. The summed E-state index contributed by atoms with van der Waals surface area (Å²) in [6.45, 7) is 3.63. The lowest BCUT2D eigenvalue weighted by Gasteiger charge is -2.17. The second-order valence-electron chi connectivity index (χ2n) is 6.96. The van der Waals surface area contributed by atoms with Gasteiger partial charge in [0.2, 0.25) is 0 Å². The number of amides is 1. The highest BCUT2D eigenvalue weighted by Gasteiger charge is 2.37. The molecule has 0 radical (unpaired) electrons. The summed E-state index contributed by atoms with van der Waals surface area (Å²) >= 11 is 0. The average molecular weight is 385 g/mol. The Kier molecular flexibility index (Phi) is 4.83. The van der Waals surface area contributed by atoms with Gasteiger partial charge in [-0.3, -0.25) is 4.79 Å². The number of nitrogens with zero attached hydrogens (tertiary/aromatic N) is 2. The lowest BCUT2D eigenvalue weighted by Crippen LogP contribution is -2.43. The maximum absolute atomic E-state index is 12.7. The van der Waals surface area contributed by atoms with E-state index in [0.717, 1.165) is 12.8 Å². The van der Waals surface area contributed by atoms with Crippen LogP contribution in [0.25, 0.3) is 11.1 Å². The highest BCUT2D eigenvalue weighted by molar-refractivity contribution is 6.07. The van der Waals surface area contributed by atoms with E-state index < -0.39 is 30.5 Å². The number of nitrogens with one attached hydrogen (secondary N) is 1.